The highest BCUT2D eigenvalue weighted by atomic mass is 16.3. The fourth-order valence-electron chi connectivity index (χ4n) is 8.56. The molecule has 1 heterocycles. The molecule has 10 aromatic carbocycles. The third-order valence-electron chi connectivity index (χ3n) is 11.3. The summed E-state index contributed by atoms with van der Waals surface area (Å²) in [5.41, 5.74) is 14.0. The molecule has 11 rings (SSSR count). The van der Waals surface area contributed by atoms with Crippen molar-refractivity contribution >= 4 is 54.3 Å². The van der Waals surface area contributed by atoms with E-state index in [1.54, 1.807) is 0 Å². The summed E-state index contributed by atoms with van der Waals surface area (Å²) < 4.78 is 6.07. The minimum Gasteiger partial charge on any atom is -0.456 e. The molecule has 0 unspecified atom stereocenters. The maximum absolute atomic E-state index is 6.07. The van der Waals surface area contributed by atoms with Crippen LogP contribution in [0.15, 0.2) is 211 Å². The summed E-state index contributed by atoms with van der Waals surface area (Å²) >= 11 is 0. The van der Waals surface area contributed by atoms with Crippen LogP contribution in [-0.2, 0) is 0 Å². The average Bonchev–Trinajstić information content (AvgIpc) is 3.63. The monoisotopic (exact) mass is 698 g/mol. The maximum Gasteiger partial charge on any atom is 0.135 e. The van der Waals surface area contributed by atoms with E-state index in [-0.39, 0.29) is 0 Å². The first-order valence-electron chi connectivity index (χ1n) is 18.9. The molecule has 0 aliphatic heterocycles. The number of rotatable bonds is 5. The van der Waals surface area contributed by atoms with E-state index in [4.69, 9.17) is 4.42 Å². The molecule has 0 saturated heterocycles. The molecule has 0 saturated carbocycles. The Balaban J connectivity index is 0.967. The zero-order valence-corrected chi connectivity index (χ0v) is 30.0. The molecule has 55 heavy (non-hydrogen) atoms. The first-order valence-corrected chi connectivity index (χ1v) is 18.9. The van der Waals surface area contributed by atoms with Crippen molar-refractivity contribution in [2.24, 2.45) is 0 Å². The summed E-state index contributed by atoms with van der Waals surface area (Å²) in [7, 11) is 0. The Kier molecular flexibility index (Phi) is 7.25. The van der Waals surface area contributed by atoms with E-state index in [1.165, 1.54) is 88.0 Å². The van der Waals surface area contributed by atoms with Gasteiger partial charge in [0.05, 0.1) is 0 Å². The van der Waals surface area contributed by atoms with Crippen LogP contribution in [0.5, 0.6) is 0 Å². The van der Waals surface area contributed by atoms with Crippen molar-refractivity contribution in [3.05, 3.63) is 206 Å². The van der Waals surface area contributed by atoms with Gasteiger partial charge in [-0.05, 0) is 118 Å². The number of furan rings is 1. The highest BCUT2D eigenvalue weighted by Gasteiger charge is 2.17. The largest absolute Gasteiger partial charge is 0.456 e. The van der Waals surface area contributed by atoms with Crippen LogP contribution >= 0.6 is 0 Å². The molecule has 0 atom stereocenters. The van der Waals surface area contributed by atoms with Gasteiger partial charge in [-0.3, -0.25) is 0 Å². The van der Waals surface area contributed by atoms with Crippen LogP contribution < -0.4 is 0 Å². The van der Waals surface area contributed by atoms with Crippen molar-refractivity contribution in [3.63, 3.8) is 0 Å². The zero-order chi connectivity index (χ0) is 36.3. The van der Waals surface area contributed by atoms with Crippen LogP contribution in [0.4, 0.5) is 0 Å². The quantitative estimate of drug-likeness (QED) is 0.163. The molecule has 0 bridgehead atoms. The Hall–Kier alpha value is -7.22. The summed E-state index contributed by atoms with van der Waals surface area (Å²) in [5, 5.41) is 9.84. The summed E-state index contributed by atoms with van der Waals surface area (Å²) in [6.45, 7) is 0. The van der Waals surface area contributed by atoms with Gasteiger partial charge in [-0.1, -0.05) is 176 Å². The first-order chi connectivity index (χ1) is 27.2. The molecule has 0 aliphatic rings. The smallest absolute Gasteiger partial charge is 0.135 e. The van der Waals surface area contributed by atoms with Crippen molar-refractivity contribution < 1.29 is 4.42 Å². The molecule has 0 spiro atoms. The van der Waals surface area contributed by atoms with Crippen molar-refractivity contribution in [2.45, 2.75) is 0 Å². The lowest BCUT2D eigenvalue weighted by atomic mass is 9.85. The van der Waals surface area contributed by atoms with Gasteiger partial charge >= 0.3 is 0 Å². The van der Waals surface area contributed by atoms with Crippen molar-refractivity contribution in [1.29, 1.82) is 0 Å². The molecule has 256 valence electrons. The van der Waals surface area contributed by atoms with E-state index in [9.17, 15) is 0 Å². The lowest BCUT2D eigenvalue weighted by Crippen LogP contribution is -1.91. The Morgan fingerprint density at radius 2 is 0.655 bits per heavy atom. The molecule has 0 aliphatic carbocycles. The minimum atomic E-state index is 0.919. The predicted octanol–water partition coefficient (Wildman–Crippen LogP) is 15.4. The van der Waals surface area contributed by atoms with Crippen LogP contribution in [0.3, 0.4) is 0 Å². The Morgan fingerprint density at radius 3 is 1.33 bits per heavy atom. The summed E-state index contributed by atoms with van der Waals surface area (Å²) in [5.74, 6) is 0. The lowest BCUT2D eigenvalue weighted by Gasteiger charge is -2.18. The second-order valence-electron chi connectivity index (χ2n) is 14.4. The summed E-state index contributed by atoms with van der Waals surface area (Å²) in [6, 6.07) is 74.9. The molecule has 0 fully saturated rings. The molecule has 11 aromatic rings. The molecular formula is C54H34O. The molecule has 1 aromatic heterocycles. The van der Waals surface area contributed by atoms with Gasteiger partial charge in [-0.2, -0.15) is 0 Å². The Labute approximate surface area is 319 Å². The number of hydrogen-bond acceptors (Lipinski definition) is 1. The number of benzene rings is 10. The third-order valence-corrected chi connectivity index (χ3v) is 11.3. The standard InChI is InChI=1S/C54H34O/c1-2-11-40-32-42(29-26-35(40)10-1)41-12-9-13-44(33-41)54-48-17-5-3-15-46(48)53(47-16-4-6-18-49(47)54)39-27-24-37(25-28-39)36-20-22-38(23-21-36)43-30-31-52-50(34-43)45-14-7-8-19-51(45)55-52/h1-34H. The van der Waals surface area contributed by atoms with Crippen LogP contribution in [-0.4, -0.2) is 0 Å². The minimum absolute atomic E-state index is 0.919. The molecule has 1 heteroatoms. The molecule has 0 amide bonds. The van der Waals surface area contributed by atoms with Gasteiger partial charge in [-0.25, -0.2) is 0 Å². The normalized spacial score (nSPS) is 11.6. The topological polar surface area (TPSA) is 13.1 Å². The Bertz CT molecular complexity index is 3180. The van der Waals surface area contributed by atoms with Crippen LogP contribution in [0.1, 0.15) is 0 Å². The van der Waals surface area contributed by atoms with Crippen LogP contribution in [0.25, 0.3) is 110 Å². The van der Waals surface area contributed by atoms with Gasteiger partial charge < -0.3 is 4.42 Å². The third kappa shape index (κ3) is 5.32. The molecule has 0 N–H and O–H groups in total. The van der Waals surface area contributed by atoms with E-state index >= 15 is 0 Å². The highest BCUT2D eigenvalue weighted by Crippen LogP contribution is 2.44. The summed E-state index contributed by atoms with van der Waals surface area (Å²) in [6.07, 6.45) is 0. The van der Waals surface area contributed by atoms with E-state index in [1.807, 2.05) is 12.1 Å². The van der Waals surface area contributed by atoms with Gasteiger partial charge in [0.25, 0.3) is 0 Å². The number of para-hydroxylation sites is 1. The second-order valence-corrected chi connectivity index (χ2v) is 14.4. The highest BCUT2D eigenvalue weighted by molar-refractivity contribution is 6.21. The van der Waals surface area contributed by atoms with Gasteiger partial charge in [-0.15, -0.1) is 0 Å². The van der Waals surface area contributed by atoms with Gasteiger partial charge in [0, 0.05) is 10.8 Å². The van der Waals surface area contributed by atoms with Gasteiger partial charge in [0.15, 0.2) is 0 Å². The van der Waals surface area contributed by atoms with Crippen molar-refractivity contribution in [3.8, 4) is 55.6 Å². The molecule has 0 radical (unpaired) electrons. The molecule has 1 nitrogen and oxygen atoms in total. The maximum atomic E-state index is 6.07. The fourth-order valence-corrected chi connectivity index (χ4v) is 8.56. The predicted molar refractivity (Wildman–Crippen MR) is 233 cm³/mol. The number of hydrogen-bond donors (Lipinski definition) is 0. The van der Waals surface area contributed by atoms with E-state index < -0.39 is 0 Å². The van der Waals surface area contributed by atoms with E-state index in [0.717, 1.165) is 21.9 Å². The Morgan fingerprint density at radius 1 is 0.218 bits per heavy atom. The van der Waals surface area contributed by atoms with Crippen LogP contribution in [0, 0.1) is 0 Å². The first kappa shape index (κ1) is 31.3. The second kappa shape index (κ2) is 12.7. The number of fused-ring (bicyclic) bond motifs is 6. The van der Waals surface area contributed by atoms with Crippen molar-refractivity contribution in [2.75, 3.05) is 0 Å². The molecular weight excluding hydrogens is 665 g/mol. The average molecular weight is 699 g/mol. The lowest BCUT2D eigenvalue weighted by molar-refractivity contribution is 0.669. The van der Waals surface area contributed by atoms with E-state index in [2.05, 4.69) is 194 Å². The van der Waals surface area contributed by atoms with Crippen LogP contribution in [0.2, 0.25) is 0 Å². The van der Waals surface area contributed by atoms with Gasteiger partial charge in [0.1, 0.15) is 11.2 Å². The SMILES string of the molecule is c1cc(-c2ccc3ccccc3c2)cc(-c2c3ccccc3c(-c3ccc(-c4ccc(-c5ccc6oc7ccccc7c6c5)cc4)cc3)c3ccccc23)c1. The summed E-state index contributed by atoms with van der Waals surface area (Å²) in [4.78, 5) is 0. The zero-order valence-electron chi connectivity index (χ0n) is 30.0. The van der Waals surface area contributed by atoms with Crippen molar-refractivity contribution in [1.82, 2.24) is 0 Å². The fraction of sp³-hybridized carbons (Fsp3) is 0. The van der Waals surface area contributed by atoms with Gasteiger partial charge in [0.2, 0.25) is 0 Å². The van der Waals surface area contributed by atoms with E-state index in [0.29, 0.717) is 0 Å².